The maximum atomic E-state index is 17.4. The molecule has 410 valence electrons. The van der Waals surface area contributed by atoms with Crippen LogP contribution in [0.5, 0.6) is 0 Å². The van der Waals surface area contributed by atoms with E-state index < -0.39 is 63.3 Å². The van der Waals surface area contributed by atoms with Crippen LogP contribution in [-0.2, 0) is 37.8 Å². The molecule has 75 heavy (non-hydrogen) atoms. The highest BCUT2D eigenvalue weighted by Crippen LogP contribution is 2.50. The van der Waals surface area contributed by atoms with E-state index in [1.807, 2.05) is 62.8 Å². The minimum absolute atomic E-state index is 0.114. The van der Waals surface area contributed by atoms with Crippen LogP contribution in [0.25, 0.3) is 22.1 Å². The van der Waals surface area contributed by atoms with Crippen molar-refractivity contribution in [2.45, 2.75) is 206 Å². The number of carbonyl (C=O) groups excluding carboxylic acids is 2. The van der Waals surface area contributed by atoms with Gasteiger partial charge in [-0.05, 0) is 127 Å². The summed E-state index contributed by atoms with van der Waals surface area (Å²) in [6.07, 6.45) is 3.17. The Morgan fingerprint density at radius 1 is 0.587 bits per heavy atom. The number of aromatic nitrogens is 4. The molecule has 4 atom stereocenters. The third-order valence-electron chi connectivity index (χ3n) is 14.7. The first-order chi connectivity index (χ1) is 35.0. The Balaban J connectivity index is 1.21. The second kappa shape index (κ2) is 21.5. The Labute approximate surface area is 446 Å². The van der Waals surface area contributed by atoms with E-state index in [2.05, 4.69) is 89.2 Å². The molecule has 2 amide bonds. The van der Waals surface area contributed by atoms with E-state index in [9.17, 15) is 9.59 Å². The lowest BCUT2D eigenvalue weighted by atomic mass is 9.87. The summed E-state index contributed by atoms with van der Waals surface area (Å²) >= 11 is 0. The molecule has 0 aliphatic carbocycles. The molecular weight excluding hydrogens is 985 g/mol. The van der Waals surface area contributed by atoms with Gasteiger partial charge in [-0.3, -0.25) is 9.80 Å². The minimum Gasteiger partial charge on any atom is -0.444 e. The van der Waals surface area contributed by atoms with Crippen molar-refractivity contribution in [1.82, 2.24) is 28.9 Å². The second-order valence-electron chi connectivity index (χ2n) is 26.7. The average molecular weight is 1070 g/mol. The van der Waals surface area contributed by atoms with Crippen molar-refractivity contribution in [2.75, 3.05) is 31.2 Å². The van der Waals surface area contributed by atoms with Gasteiger partial charge in [-0.25, -0.2) is 28.3 Å². The van der Waals surface area contributed by atoms with Gasteiger partial charge in [0.25, 0.3) is 0 Å². The second-order valence-corrected chi connectivity index (χ2v) is 37.9. The zero-order valence-electron chi connectivity index (χ0n) is 47.7. The molecule has 0 spiro atoms. The Bertz CT molecular complexity index is 2690. The van der Waals surface area contributed by atoms with Gasteiger partial charge in [-0.2, -0.15) is 0 Å². The number of likely N-dealkylation sites (tertiary alicyclic amines) is 2. The number of ether oxygens (including phenoxy) is 4. The molecule has 3 aliphatic heterocycles. The van der Waals surface area contributed by atoms with Gasteiger partial charge in [0.2, 0.25) is 0 Å². The normalized spacial score (nSPS) is 20.1. The number of halogens is 2. The minimum atomic E-state index is -1.41. The number of rotatable bonds is 15. The summed E-state index contributed by atoms with van der Waals surface area (Å²) in [6.45, 7) is 34.0. The summed E-state index contributed by atoms with van der Waals surface area (Å²) in [6, 6.07) is 15.4. The van der Waals surface area contributed by atoms with Crippen molar-refractivity contribution in [2.24, 2.45) is 0 Å². The van der Waals surface area contributed by atoms with Gasteiger partial charge in [0, 0.05) is 71.4 Å². The largest absolute Gasteiger partial charge is 0.444 e. The Hall–Kier alpha value is -4.85. The average Bonchev–Trinajstić information content (AvgIpc) is 4.14. The smallest absolute Gasteiger partial charge is 0.410 e. The van der Waals surface area contributed by atoms with Crippen molar-refractivity contribution in [3.8, 4) is 0 Å². The molecule has 3 fully saturated rings. The number of imidazole rings is 2. The highest BCUT2D eigenvalue weighted by atomic mass is 28.3. The molecule has 3 aliphatic rings. The lowest BCUT2D eigenvalue weighted by Crippen LogP contribution is -2.37. The SMILES string of the molecule is CC(C)(C)OC(=O)N1CCC[C@H]1c1nc2cc([C@H]3CC[C@H](c4cc5nc([C@@H]6CCCN6C(=O)OC(C)(C)C)n(COCC[Si](C)(C)C)c5cc4F)N3c3ccc(C(C)(C)C)cc3)c(F)cc2n1COCC[Si](C)(C)C. The monoisotopic (exact) mass is 1070 g/mol. The molecule has 3 saturated heterocycles. The third-order valence-corrected chi connectivity index (χ3v) is 18.1. The fourth-order valence-electron chi connectivity index (χ4n) is 10.8. The number of nitrogens with zero attached hydrogens (tertiary/aromatic N) is 7. The van der Waals surface area contributed by atoms with Crippen molar-refractivity contribution >= 4 is 56.1 Å². The first-order valence-corrected chi connectivity index (χ1v) is 34.8. The number of carbonyl (C=O) groups is 2. The first-order valence-electron chi connectivity index (χ1n) is 27.4. The van der Waals surface area contributed by atoms with Gasteiger partial charge in [0.15, 0.2) is 0 Å². The van der Waals surface area contributed by atoms with Gasteiger partial charge >= 0.3 is 12.2 Å². The Kier molecular flexibility index (Phi) is 16.2. The lowest BCUT2D eigenvalue weighted by molar-refractivity contribution is 0.0196. The molecule has 0 unspecified atom stereocenters. The molecule has 17 heteroatoms. The summed E-state index contributed by atoms with van der Waals surface area (Å²) in [4.78, 5) is 43.5. The fourth-order valence-corrected chi connectivity index (χ4v) is 12.3. The molecule has 3 aromatic carbocycles. The summed E-state index contributed by atoms with van der Waals surface area (Å²) in [5.74, 6) is 0.488. The summed E-state index contributed by atoms with van der Waals surface area (Å²) in [5, 5.41) is 0. The van der Waals surface area contributed by atoms with Gasteiger partial charge < -0.3 is 33.0 Å². The van der Waals surface area contributed by atoms with Crippen LogP contribution in [0, 0.1) is 11.6 Å². The van der Waals surface area contributed by atoms with Crippen LogP contribution >= 0.6 is 0 Å². The molecule has 0 N–H and O–H groups in total. The van der Waals surface area contributed by atoms with Gasteiger partial charge in [0.1, 0.15) is 47.9 Å². The van der Waals surface area contributed by atoms with E-state index in [0.29, 0.717) is 96.8 Å². The van der Waals surface area contributed by atoms with Crippen molar-refractivity contribution in [1.29, 1.82) is 0 Å². The van der Waals surface area contributed by atoms with Crippen LogP contribution in [0.2, 0.25) is 51.4 Å². The van der Waals surface area contributed by atoms with E-state index in [1.165, 1.54) is 0 Å². The molecule has 0 radical (unpaired) electrons. The van der Waals surface area contributed by atoms with Crippen LogP contribution in [0.3, 0.4) is 0 Å². The van der Waals surface area contributed by atoms with Crippen molar-refractivity contribution < 1.29 is 37.3 Å². The van der Waals surface area contributed by atoms with E-state index in [1.54, 1.807) is 21.9 Å². The summed E-state index contributed by atoms with van der Waals surface area (Å²) < 4.78 is 63.2. The molecular formula is C58H85F2N7O6Si2. The fraction of sp³-hybridized carbons (Fsp3) is 0.621. The van der Waals surface area contributed by atoms with E-state index in [4.69, 9.17) is 28.9 Å². The van der Waals surface area contributed by atoms with Crippen LogP contribution in [0.15, 0.2) is 48.5 Å². The number of anilines is 1. The van der Waals surface area contributed by atoms with Crippen LogP contribution in [0.4, 0.5) is 24.1 Å². The van der Waals surface area contributed by atoms with Crippen LogP contribution in [-0.4, -0.2) is 94.7 Å². The number of amides is 2. The van der Waals surface area contributed by atoms with E-state index >= 15 is 8.78 Å². The predicted molar refractivity (Wildman–Crippen MR) is 300 cm³/mol. The molecule has 8 rings (SSSR count). The zero-order chi connectivity index (χ0) is 54.6. The molecule has 0 bridgehead atoms. The molecule has 13 nitrogen and oxygen atoms in total. The lowest BCUT2D eigenvalue weighted by Gasteiger charge is -2.34. The standard InChI is InChI=1S/C58H85F2N7O6Si2/c1-56(2,3)38-20-22-39(23-21-38)67-46(40-32-44-50(34-42(40)59)65(36-70-28-30-74(10,11)12)52(61-44)48-18-16-26-63(48)54(68)72-57(4,5)6)24-25-47(67)41-33-45-51(35-43(41)60)66(37-71-29-31-75(13,14)15)53(62-45)49-19-17-27-64(49)55(69)73-58(7,8)9/h20-23,32-35,46-49H,16-19,24-31,36-37H2,1-15H3/t46-,47-,48+,49+/m1/s1. The van der Waals surface area contributed by atoms with Crippen LogP contribution < -0.4 is 4.90 Å². The zero-order valence-corrected chi connectivity index (χ0v) is 49.7. The van der Waals surface area contributed by atoms with E-state index in [-0.39, 0.29) is 31.0 Å². The summed E-state index contributed by atoms with van der Waals surface area (Å²) in [7, 11) is -2.83. The quantitative estimate of drug-likeness (QED) is 0.0746. The molecule has 5 heterocycles. The topological polar surface area (TPSA) is 116 Å². The summed E-state index contributed by atoms with van der Waals surface area (Å²) in [5.41, 5.74) is 3.82. The van der Waals surface area contributed by atoms with Crippen molar-refractivity contribution in [3.63, 3.8) is 0 Å². The van der Waals surface area contributed by atoms with Crippen LogP contribution in [0.1, 0.15) is 153 Å². The maximum absolute atomic E-state index is 17.4. The first kappa shape index (κ1) is 56.4. The van der Waals surface area contributed by atoms with Gasteiger partial charge in [0.05, 0.1) is 46.2 Å². The number of benzene rings is 3. The number of fused-ring (bicyclic) bond motifs is 2. The number of hydrogen-bond donors (Lipinski definition) is 0. The maximum Gasteiger partial charge on any atom is 0.410 e. The highest BCUT2D eigenvalue weighted by Gasteiger charge is 2.42. The number of hydrogen-bond acceptors (Lipinski definition) is 9. The van der Waals surface area contributed by atoms with E-state index in [0.717, 1.165) is 36.2 Å². The molecule has 5 aromatic rings. The van der Waals surface area contributed by atoms with Gasteiger partial charge in [-0.15, -0.1) is 0 Å². The van der Waals surface area contributed by atoms with Crippen molar-refractivity contribution in [3.05, 3.63) is 88.5 Å². The highest BCUT2D eigenvalue weighted by molar-refractivity contribution is 6.76. The third kappa shape index (κ3) is 13.1. The predicted octanol–water partition coefficient (Wildman–Crippen LogP) is 14.8. The Morgan fingerprint density at radius 2 is 0.987 bits per heavy atom. The molecule has 2 aromatic heterocycles. The molecule has 0 saturated carbocycles. The van der Waals surface area contributed by atoms with Gasteiger partial charge in [-0.1, -0.05) is 72.2 Å². The Morgan fingerprint density at radius 3 is 1.35 bits per heavy atom.